The molecule has 1 unspecified atom stereocenters. The van der Waals surface area contributed by atoms with Crippen LogP contribution in [0.25, 0.3) is 0 Å². The van der Waals surface area contributed by atoms with Crippen LogP contribution in [0.4, 0.5) is 9.80 Å². The maximum atomic E-state index is 14.1. The fourth-order valence-corrected chi connectivity index (χ4v) is 9.26. The van der Waals surface area contributed by atoms with Crippen molar-refractivity contribution in [1.82, 2.24) is 10.6 Å². The number of hydrogen-bond donors (Lipinski definition) is 3. The molecule has 4 rings (SSSR count). The minimum Gasteiger partial charge on any atom is -0.462 e. The molecule has 2 amide bonds. The average Bonchev–Trinajstić information content (AvgIpc) is 3.20. The number of anilines is 1. The van der Waals surface area contributed by atoms with Gasteiger partial charge in [0.25, 0.3) is 0 Å². The van der Waals surface area contributed by atoms with E-state index in [1.54, 1.807) is 20.8 Å². The Morgan fingerprint density at radius 3 is 2.41 bits per heavy atom. The summed E-state index contributed by atoms with van der Waals surface area (Å²) in [6.45, 7) is 8.91. The van der Waals surface area contributed by atoms with E-state index in [9.17, 15) is 18.0 Å². The maximum Gasteiger partial charge on any atom is 0.341 e. The number of rotatable bonds is 7. The highest BCUT2D eigenvalue weighted by molar-refractivity contribution is 7.92. The molecule has 1 aliphatic heterocycles. The number of piperidine rings is 1. The molecule has 1 aromatic carbocycles. The van der Waals surface area contributed by atoms with Crippen molar-refractivity contribution in [3.05, 3.63) is 44.8 Å². The second-order valence-electron chi connectivity index (χ2n) is 10.0. The summed E-state index contributed by atoms with van der Waals surface area (Å²) in [6.07, 6.45) is 4.90. The minimum absolute atomic E-state index is 0.236. The van der Waals surface area contributed by atoms with E-state index in [4.69, 9.17) is 4.74 Å². The molecule has 1 saturated heterocycles. The van der Waals surface area contributed by atoms with Crippen molar-refractivity contribution in [3.8, 4) is 0 Å². The number of urea groups is 1. The summed E-state index contributed by atoms with van der Waals surface area (Å²) in [4.78, 5) is 27.5. The molecular formula is C27H37N3O5S2. The third-order valence-corrected chi connectivity index (χ3v) is 10.8. The van der Waals surface area contributed by atoms with Gasteiger partial charge in [0.05, 0.1) is 17.1 Å². The monoisotopic (exact) mass is 547 g/mol. The van der Waals surface area contributed by atoms with E-state index in [0.717, 1.165) is 41.7 Å². The van der Waals surface area contributed by atoms with Crippen LogP contribution in [-0.2, 0) is 27.4 Å². The number of hydrogen-bond acceptors (Lipinski definition) is 7. The summed E-state index contributed by atoms with van der Waals surface area (Å²) in [5, 5.41) is 8.24. The van der Waals surface area contributed by atoms with Gasteiger partial charge < -0.3 is 15.4 Å². The van der Waals surface area contributed by atoms with Crippen LogP contribution in [0.2, 0.25) is 0 Å². The quantitative estimate of drug-likeness (QED) is 0.435. The van der Waals surface area contributed by atoms with Crippen LogP contribution in [-0.4, -0.2) is 45.5 Å². The summed E-state index contributed by atoms with van der Waals surface area (Å²) >= 11 is 1.39. The van der Waals surface area contributed by atoms with Crippen LogP contribution in [0.3, 0.4) is 0 Å². The van der Waals surface area contributed by atoms with Gasteiger partial charge in [-0.2, -0.15) is 0 Å². The van der Waals surface area contributed by atoms with E-state index in [2.05, 4.69) is 16.0 Å². The molecule has 0 bridgehead atoms. The van der Waals surface area contributed by atoms with Gasteiger partial charge >= 0.3 is 12.0 Å². The van der Waals surface area contributed by atoms with Crippen molar-refractivity contribution in [3.63, 3.8) is 0 Å². The number of fused-ring (bicyclic) bond motifs is 1. The second kappa shape index (κ2) is 11.5. The molecular weight excluding hydrogens is 510 g/mol. The Morgan fingerprint density at radius 2 is 1.76 bits per heavy atom. The summed E-state index contributed by atoms with van der Waals surface area (Å²) in [5.74, 6) is -0.691. The van der Waals surface area contributed by atoms with E-state index >= 15 is 0 Å². The predicted octanol–water partition coefficient (Wildman–Crippen LogP) is 4.65. The maximum absolute atomic E-state index is 14.1. The van der Waals surface area contributed by atoms with Gasteiger partial charge in [-0.15, -0.1) is 11.3 Å². The third kappa shape index (κ3) is 5.86. The topological polar surface area (TPSA) is 114 Å². The highest BCUT2D eigenvalue weighted by Crippen LogP contribution is 2.39. The molecule has 1 fully saturated rings. The largest absolute Gasteiger partial charge is 0.462 e. The van der Waals surface area contributed by atoms with Gasteiger partial charge in [-0.3, -0.25) is 5.32 Å². The van der Waals surface area contributed by atoms with E-state index in [1.165, 1.54) is 11.3 Å². The van der Waals surface area contributed by atoms with Crippen molar-refractivity contribution in [2.75, 3.05) is 25.0 Å². The lowest BCUT2D eigenvalue weighted by molar-refractivity contribution is 0.0526. The van der Waals surface area contributed by atoms with Crippen LogP contribution >= 0.6 is 11.3 Å². The lowest BCUT2D eigenvalue weighted by Gasteiger charge is -2.32. The van der Waals surface area contributed by atoms with Crippen molar-refractivity contribution < 1.29 is 22.7 Å². The highest BCUT2D eigenvalue weighted by Gasteiger charge is 2.39. The summed E-state index contributed by atoms with van der Waals surface area (Å²) in [6, 6.07) is 3.10. The fraction of sp³-hybridized carbons (Fsp3) is 0.556. The normalized spacial score (nSPS) is 17.1. The van der Waals surface area contributed by atoms with Gasteiger partial charge in [-0.05, 0) is 102 Å². The zero-order valence-corrected chi connectivity index (χ0v) is 23.7. The zero-order chi connectivity index (χ0) is 26.7. The molecule has 2 aromatic rings. The molecule has 3 N–H and O–H groups in total. The number of carbonyl (C=O) groups excluding carboxylic acids is 2. The number of amides is 2. The number of aryl methyl sites for hydroxylation is 4. The lowest BCUT2D eigenvalue weighted by atomic mass is 9.95. The van der Waals surface area contributed by atoms with Gasteiger partial charge in [0, 0.05) is 4.88 Å². The summed E-state index contributed by atoms with van der Waals surface area (Å²) < 4.78 is 33.4. The highest BCUT2D eigenvalue weighted by atomic mass is 32.2. The van der Waals surface area contributed by atoms with Crippen molar-refractivity contribution in [1.29, 1.82) is 0 Å². The van der Waals surface area contributed by atoms with Crippen LogP contribution in [0.1, 0.15) is 70.1 Å². The van der Waals surface area contributed by atoms with Gasteiger partial charge in [-0.1, -0.05) is 17.7 Å². The van der Waals surface area contributed by atoms with E-state index in [-0.39, 0.29) is 17.4 Å². The number of benzene rings is 1. The Labute approximate surface area is 223 Å². The third-order valence-electron chi connectivity index (χ3n) is 7.19. The molecule has 1 aromatic heterocycles. The zero-order valence-electron chi connectivity index (χ0n) is 22.0. The first kappa shape index (κ1) is 27.6. The number of carbonyl (C=O) groups is 2. The molecule has 202 valence electrons. The van der Waals surface area contributed by atoms with Gasteiger partial charge in [-0.25, -0.2) is 18.0 Å². The molecule has 37 heavy (non-hydrogen) atoms. The second-order valence-corrected chi connectivity index (χ2v) is 13.1. The standard InChI is InChI=1S/C27H37N3O5S2/c1-5-35-26(31)22-20-8-6-7-9-21(20)36-24(22)29-27(32)30-25(19-10-12-28-13-11-19)37(33,34)23-17(3)14-16(2)15-18(23)4/h14-15,19,25,28H,5-13H2,1-4H3,(H2,29,30,32). The fourth-order valence-electron chi connectivity index (χ4n) is 5.68. The Kier molecular flexibility index (Phi) is 8.60. The average molecular weight is 548 g/mol. The first-order valence-electron chi connectivity index (χ1n) is 13.0. The number of nitrogens with one attached hydrogen (secondary N) is 3. The van der Waals surface area contributed by atoms with Gasteiger partial charge in [0.1, 0.15) is 10.4 Å². The number of thiophene rings is 1. The molecule has 2 aliphatic rings. The number of sulfone groups is 1. The Morgan fingerprint density at radius 1 is 1.11 bits per heavy atom. The van der Waals surface area contributed by atoms with Gasteiger partial charge in [0.2, 0.25) is 0 Å². The molecule has 1 atom stereocenters. The van der Waals surface area contributed by atoms with Crippen molar-refractivity contribution in [2.24, 2.45) is 5.92 Å². The lowest BCUT2D eigenvalue weighted by Crippen LogP contribution is -2.50. The number of ether oxygens (including phenoxy) is 1. The van der Waals surface area contributed by atoms with Crippen LogP contribution in [0.5, 0.6) is 0 Å². The van der Waals surface area contributed by atoms with Gasteiger partial charge in [0.15, 0.2) is 9.84 Å². The van der Waals surface area contributed by atoms with Crippen LogP contribution < -0.4 is 16.0 Å². The van der Waals surface area contributed by atoms with E-state index < -0.39 is 27.2 Å². The van der Waals surface area contributed by atoms with Crippen molar-refractivity contribution in [2.45, 2.75) is 76.5 Å². The van der Waals surface area contributed by atoms with E-state index in [0.29, 0.717) is 47.6 Å². The molecule has 10 heteroatoms. The molecule has 0 spiro atoms. The molecule has 8 nitrogen and oxygen atoms in total. The summed E-state index contributed by atoms with van der Waals surface area (Å²) in [5.41, 5.74) is 3.69. The number of esters is 1. The Bertz CT molecular complexity index is 1260. The molecule has 1 aliphatic carbocycles. The smallest absolute Gasteiger partial charge is 0.341 e. The van der Waals surface area contributed by atoms with E-state index in [1.807, 2.05) is 19.1 Å². The minimum atomic E-state index is -3.89. The van der Waals surface area contributed by atoms with Crippen LogP contribution in [0, 0.1) is 26.7 Å². The SMILES string of the molecule is CCOC(=O)c1c(NC(=O)NC(C2CCNCC2)S(=O)(=O)c2c(C)cc(C)cc2C)sc2c1CCCC2. The first-order valence-corrected chi connectivity index (χ1v) is 15.4. The van der Waals surface area contributed by atoms with Crippen molar-refractivity contribution >= 4 is 38.2 Å². The Balaban J connectivity index is 1.66. The molecule has 0 saturated carbocycles. The summed E-state index contributed by atoms with van der Waals surface area (Å²) in [7, 11) is -3.89. The molecule has 2 heterocycles. The Hall–Kier alpha value is -2.43. The van der Waals surface area contributed by atoms with Crippen LogP contribution in [0.15, 0.2) is 17.0 Å². The molecule has 0 radical (unpaired) electrons. The predicted molar refractivity (Wildman–Crippen MR) is 146 cm³/mol. The first-order chi connectivity index (χ1) is 17.6.